The fourth-order valence-electron chi connectivity index (χ4n) is 2.29. The van der Waals surface area contributed by atoms with Crippen LogP contribution in [0.4, 0.5) is 0 Å². The smallest absolute Gasteiger partial charge is 0.123 e. The first-order valence-corrected chi connectivity index (χ1v) is 6.35. The second-order valence-corrected chi connectivity index (χ2v) is 5.21. The first-order valence-electron chi connectivity index (χ1n) is 5.97. The molecule has 2 nitrogen and oxygen atoms in total. The fourth-order valence-corrected chi connectivity index (χ4v) is 2.45. The Morgan fingerprint density at radius 3 is 2.35 bits per heavy atom. The van der Waals surface area contributed by atoms with E-state index < -0.39 is 0 Å². The Kier molecular flexibility index (Phi) is 4.84. The summed E-state index contributed by atoms with van der Waals surface area (Å²) in [6, 6.07) is 2.00. The Morgan fingerprint density at radius 2 is 1.94 bits per heavy atom. The zero-order chi connectivity index (χ0) is 13.2. The van der Waals surface area contributed by atoms with Crippen molar-refractivity contribution in [1.29, 1.82) is 0 Å². The highest BCUT2D eigenvalue weighted by Gasteiger charge is 2.22. The average Bonchev–Trinajstić information content (AvgIpc) is 2.29. The van der Waals surface area contributed by atoms with Crippen molar-refractivity contribution in [3.8, 4) is 5.75 Å². The van der Waals surface area contributed by atoms with Gasteiger partial charge < -0.3 is 10.5 Å². The highest BCUT2D eigenvalue weighted by atomic mass is 35.5. The second kappa shape index (κ2) is 5.74. The Bertz CT molecular complexity index is 402. The lowest BCUT2D eigenvalue weighted by atomic mass is 9.84. The SMILES string of the molecule is COc1cc(C)c(Cl)c(C)c1C(CN)C(C)C. The molecule has 0 radical (unpaired) electrons. The summed E-state index contributed by atoms with van der Waals surface area (Å²) in [5.41, 5.74) is 9.18. The molecule has 1 rings (SSSR count). The number of ether oxygens (including phenoxy) is 1. The van der Waals surface area contributed by atoms with Gasteiger partial charge in [-0.25, -0.2) is 0 Å². The minimum atomic E-state index is 0.281. The van der Waals surface area contributed by atoms with Crippen LogP contribution in [-0.2, 0) is 0 Å². The highest BCUT2D eigenvalue weighted by molar-refractivity contribution is 6.32. The molecule has 3 heteroatoms. The molecule has 0 bridgehead atoms. The highest BCUT2D eigenvalue weighted by Crippen LogP contribution is 2.38. The van der Waals surface area contributed by atoms with Crippen LogP contribution in [0.3, 0.4) is 0 Å². The molecular weight excluding hydrogens is 234 g/mol. The van der Waals surface area contributed by atoms with Gasteiger partial charge in [-0.2, -0.15) is 0 Å². The zero-order valence-electron chi connectivity index (χ0n) is 11.3. The molecule has 0 aliphatic heterocycles. The van der Waals surface area contributed by atoms with Crippen LogP contribution in [0.1, 0.15) is 36.5 Å². The average molecular weight is 256 g/mol. The molecule has 96 valence electrons. The summed E-state index contributed by atoms with van der Waals surface area (Å²) in [5, 5.41) is 0.819. The fraction of sp³-hybridized carbons (Fsp3) is 0.571. The summed E-state index contributed by atoms with van der Waals surface area (Å²) < 4.78 is 5.48. The summed E-state index contributed by atoms with van der Waals surface area (Å²) in [7, 11) is 1.69. The third-order valence-electron chi connectivity index (χ3n) is 3.34. The molecule has 0 aliphatic carbocycles. The third-order valence-corrected chi connectivity index (χ3v) is 3.92. The van der Waals surface area contributed by atoms with Gasteiger partial charge in [-0.1, -0.05) is 25.4 Å². The van der Waals surface area contributed by atoms with Crippen molar-refractivity contribution >= 4 is 11.6 Å². The number of rotatable bonds is 4. The van der Waals surface area contributed by atoms with Gasteiger partial charge in [-0.15, -0.1) is 0 Å². The number of hydrogen-bond acceptors (Lipinski definition) is 2. The molecule has 1 unspecified atom stereocenters. The number of halogens is 1. The summed E-state index contributed by atoms with van der Waals surface area (Å²) in [6.07, 6.45) is 0. The molecule has 1 aromatic rings. The maximum absolute atomic E-state index is 6.32. The van der Waals surface area contributed by atoms with Crippen LogP contribution in [0.2, 0.25) is 5.02 Å². The van der Waals surface area contributed by atoms with Crippen molar-refractivity contribution < 1.29 is 4.74 Å². The van der Waals surface area contributed by atoms with Gasteiger partial charge in [0.1, 0.15) is 5.75 Å². The van der Waals surface area contributed by atoms with E-state index >= 15 is 0 Å². The number of aryl methyl sites for hydroxylation is 1. The molecule has 17 heavy (non-hydrogen) atoms. The predicted octanol–water partition coefficient (Wildman–Crippen LogP) is 3.66. The van der Waals surface area contributed by atoms with Gasteiger partial charge in [0, 0.05) is 16.5 Å². The lowest BCUT2D eigenvalue weighted by Crippen LogP contribution is -2.20. The van der Waals surface area contributed by atoms with Crippen LogP contribution in [0, 0.1) is 19.8 Å². The van der Waals surface area contributed by atoms with Crippen LogP contribution >= 0.6 is 11.6 Å². The summed E-state index contributed by atoms with van der Waals surface area (Å²) in [6.45, 7) is 8.98. The van der Waals surface area contributed by atoms with Crippen LogP contribution in [0.25, 0.3) is 0 Å². The van der Waals surface area contributed by atoms with E-state index in [9.17, 15) is 0 Å². The van der Waals surface area contributed by atoms with Crippen molar-refractivity contribution in [3.05, 3.63) is 27.8 Å². The molecule has 0 spiro atoms. The van der Waals surface area contributed by atoms with Crippen molar-refractivity contribution in [2.75, 3.05) is 13.7 Å². The molecule has 0 fully saturated rings. The number of nitrogens with two attached hydrogens (primary N) is 1. The van der Waals surface area contributed by atoms with Crippen LogP contribution in [0.5, 0.6) is 5.75 Å². The van der Waals surface area contributed by atoms with Gasteiger partial charge in [0.2, 0.25) is 0 Å². The molecule has 0 saturated carbocycles. The van der Waals surface area contributed by atoms with Crippen molar-refractivity contribution in [3.63, 3.8) is 0 Å². The van der Waals surface area contributed by atoms with Gasteiger partial charge in [-0.3, -0.25) is 0 Å². The van der Waals surface area contributed by atoms with E-state index in [1.165, 1.54) is 0 Å². The summed E-state index contributed by atoms with van der Waals surface area (Å²) in [4.78, 5) is 0. The normalized spacial score (nSPS) is 12.9. The van der Waals surface area contributed by atoms with Gasteiger partial charge in [0.25, 0.3) is 0 Å². The number of hydrogen-bond donors (Lipinski definition) is 1. The van der Waals surface area contributed by atoms with Crippen molar-refractivity contribution in [2.45, 2.75) is 33.6 Å². The Morgan fingerprint density at radius 1 is 1.35 bits per heavy atom. The molecule has 0 heterocycles. The largest absolute Gasteiger partial charge is 0.496 e. The lowest BCUT2D eigenvalue weighted by molar-refractivity contribution is 0.394. The maximum Gasteiger partial charge on any atom is 0.123 e. The predicted molar refractivity (Wildman–Crippen MR) is 74.1 cm³/mol. The van der Waals surface area contributed by atoms with E-state index in [1.807, 2.05) is 19.9 Å². The first kappa shape index (κ1) is 14.3. The van der Waals surface area contributed by atoms with Crippen molar-refractivity contribution in [2.24, 2.45) is 11.7 Å². The lowest BCUT2D eigenvalue weighted by Gasteiger charge is -2.25. The molecule has 0 amide bonds. The standard InChI is InChI=1S/C14H22ClNO/c1-8(2)11(7-16)13-10(4)14(15)9(3)6-12(13)17-5/h6,8,11H,7,16H2,1-5H3. The van der Waals surface area contributed by atoms with E-state index in [1.54, 1.807) is 7.11 Å². The molecule has 0 aromatic heterocycles. The van der Waals surface area contributed by atoms with Crippen LogP contribution in [0.15, 0.2) is 6.07 Å². The molecule has 0 saturated heterocycles. The molecule has 2 N–H and O–H groups in total. The van der Waals surface area contributed by atoms with Gasteiger partial charge in [0.15, 0.2) is 0 Å². The minimum Gasteiger partial charge on any atom is -0.496 e. The monoisotopic (exact) mass is 255 g/mol. The van der Waals surface area contributed by atoms with Crippen LogP contribution in [-0.4, -0.2) is 13.7 Å². The van der Waals surface area contributed by atoms with Crippen molar-refractivity contribution in [1.82, 2.24) is 0 Å². The Labute approximate surface area is 109 Å². The topological polar surface area (TPSA) is 35.2 Å². The first-order chi connectivity index (χ1) is 7.93. The van der Waals surface area contributed by atoms with E-state index in [-0.39, 0.29) is 5.92 Å². The van der Waals surface area contributed by atoms with E-state index in [0.29, 0.717) is 12.5 Å². The van der Waals surface area contributed by atoms with E-state index in [4.69, 9.17) is 22.1 Å². The number of methoxy groups -OCH3 is 1. The summed E-state index contributed by atoms with van der Waals surface area (Å²) >= 11 is 6.32. The van der Waals surface area contributed by atoms with Gasteiger partial charge in [0.05, 0.1) is 7.11 Å². The molecule has 0 aliphatic rings. The summed E-state index contributed by atoms with van der Waals surface area (Å²) in [5.74, 6) is 1.64. The van der Waals surface area contributed by atoms with E-state index in [2.05, 4.69) is 13.8 Å². The Balaban J connectivity index is 3.44. The van der Waals surface area contributed by atoms with Gasteiger partial charge >= 0.3 is 0 Å². The zero-order valence-corrected chi connectivity index (χ0v) is 12.1. The molecule has 1 aromatic carbocycles. The maximum atomic E-state index is 6.32. The molecular formula is C14H22ClNO. The van der Waals surface area contributed by atoms with Gasteiger partial charge in [-0.05, 0) is 43.5 Å². The number of benzene rings is 1. The quantitative estimate of drug-likeness (QED) is 0.891. The van der Waals surface area contributed by atoms with E-state index in [0.717, 1.165) is 27.5 Å². The van der Waals surface area contributed by atoms with Crippen LogP contribution < -0.4 is 10.5 Å². The third kappa shape index (κ3) is 2.75. The molecule has 1 atom stereocenters. The minimum absolute atomic E-state index is 0.281. The second-order valence-electron chi connectivity index (χ2n) is 4.83. The Hall–Kier alpha value is -0.730.